The van der Waals surface area contributed by atoms with Crippen LogP contribution in [-0.4, -0.2) is 47.4 Å². The van der Waals surface area contributed by atoms with E-state index in [1.807, 2.05) is 0 Å². The van der Waals surface area contributed by atoms with E-state index in [-0.39, 0.29) is 18.5 Å². The fourth-order valence-corrected chi connectivity index (χ4v) is 10.3. The van der Waals surface area contributed by atoms with Crippen LogP contribution < -0.4 is 5.32 Å². The highest BCUT2D eigenvalue weighted by molar-refractivity contribution is 5.76. The number of nitrogens with one attached hydrogen (secondary N) is 1. The zero-order valence-corrected chi connectivity index (χ0v) is 48.7. The Bertz CT molecular complexity index is 1120. The van der Waals surface area contributed by atoms with Crippen molar-refractivity contribution in [1.29, 1.82) is 0 Å². The molecular weight excluding hydrogens is 887 g/mol. The van der Waals surface area contributed by atoms with Crippen molar-refractivity contribution in [2.45, 2.75) is 373 Å². The standard InChI is InChI=1S/C66H127NO5/c1-3-5-7-9-11-13-15-17-19-21-22-24-27-30-34-38-42-46-50-54-58-64(69)63(62-68)67-65(70)59-55-51-47-43-39-35-31-28-25-23-26-29-33-37-41-45-49-53-57-61-72-66(71)60-56-52-48-44-40-36-32-20-18-16-14-12-10-8-6-4-2/h14,16,20,32,63-64,68-69H,3-13,15,17-19,21-31,33-62H2,1-2H3,(H,67,70)/b16-14-,32-20-. The Hall–Kier alpha value is -1.66. The van der Waals surface area contributed by atoms with Gasteiger partial charge in [0.15, 0.2) is 0 Å². The highest BCUT2D eigenvalue weighted by Crippen LogP contribution is 2.18. The normalized spacial score (nSPS) is 12.7. The van der Waals surface area contributed by atoms with Crippen LogP contribution >= 0.6 is 0 Å². The number of aliphatic hydroxyl groups excluding tert-OH is 2. The van der Waals surface area contributed by atoms with E-state index in [9.17, 15) is 19.8 Å². The average molecular weight is 1010 g/mol. The molecule has 6 nitrogen and oxygen atoms in total. The molecule has 0 aromatic heterocycles. The third-order valence-corrected chi connectivity index (χ3v) is 15.3. The summed E-state index contributed by atoms with van der Waals surface area (Å²) in [5, 5.41) is 23.4. The van der Waals surface area contributed by atoms with Crippen LogP contribution in [0.5, 0.6) is 0 Å². The number of aliphatic hydroxyl groups is 2. The van der Waals surface area contributed by atoms with Crippen LogP contribution in [0.4, 0.5) is 0 Å². The van der Waals surface area contributed by atoms with Crippen molar-refractivity contribution in [2.24, 2.45) is 0 Å². The van der Waals surface area contributed by atoms with Crippen molar-refractivity contribution in [2.75, 3.05) is 13.2 Å². The number of hydrogen-bond donors (Lipinski definition) is 3. The molecule has 72 heavy (non-hydrogen) atoms. The second-order valence-corrected chi connectivity index (χ2v) is 22.5. The monoisotopic (exact) mass is 1010 g/mol. The number of carbonyl (C=O) groups is 2. The Morgan fingerprint density at radius 1 is 0.389 bits per heavy atom. The van der Waals surface area contributed by atoms with Crippen molar-refractivity contribution >= 4 is 11.9 Å². The van der Waals surface area contributed by atoms with E-state index < -0.39 is 12.1 Å². The number of carbonyl (C=O) groups excluding carboxylic acids is 2. The van der Waals surface area contributed by atoms with Crippen molar-refractivity contribution in [1.82, 2.24) is 5.32 Å². The third-order valence-electron chi connectivity index (χ3n) is 15.3. The van der Waals surface area contributed by atoms with Crippen molar-refractivity contribution < 1.29 is 24.5 Å². The number of rotatable bonds is 61. The van der Waals surface area contributed by atoms with E-state index in [0.29, 0.717) is 25.9 Å². The first-order valence-corrected chi connectivity index (χ1v) is 32.6. The highest BCUT2D eigenvalue weighted by Gasteiger charge is 2.20. The molecule has 0 heterocycles. The van der Waals surface area contributed by atoms with Gasteiger partial charge in [-0.05, 0) is 57.8 Å². The van der Waals surface area contributed by atoms with Gasteiger partial charge >= 0.3 is 5.97 Å². The summed E-state index contributed by atoms with van der Waals surface area (Å²) in [5.41, 5.74) is 0. The molecule has 0 bridgehead atoms. The molecule has 6 heteroatoms. The Balaban J connectivity index is 3.40. The molecule has 0 radical (unpaired) electrons. The maximum absolute atomic E-state index is 12.5. The van der Waals surface area contributed by atoms with Gasteiger partial charge in [0.1, 0.15) is 0 Å². The van der Waals surface area contributed by atoms with Crippen molar-refractivity contribution in [3.8, 4) is 0 Å². The summed E-state index contributed by atoms with van der Waals surface area (Å²) < 4.78 is 5.48. The van der Waals surface area contributed by atoms with Crippen LogP contribution in [-0.2, 0) is 14.3 Å². The Morgan fingerprint density at radius 3 is 1.07 bits per heavy atom. The summed E-state index contributed by atoms with van der Waals surface area (Å²) in [4.78, 5) is 24.6. The van der Waals surface area contributed by atoms with E-state index in [2.05, 4.69) is 43.5 Å². The summed E-state index contributed by atoms with van der Waals surface area (Å²) in [7, 11) is 0. The fourth-order valence-electron chi connectivity index (χ4n) is 10.3. The minimum atomic E-state index is -0.667. The van der Waals surface area contributed by atoms with E-state index in [4.69, 9.17) is 4.74 Å². The first-order valence-electron chi connectivity index (χ1n) is 32.6. The summed E-state index contributed by atoms with van der Waals surface area (Å²) >= 11 is 0. The first kappa shape index (κ1) is 70.3. The lowest BCUT2D eigenvalue weighted by molar-refractivity contribution is -0.143. The van der Waals surface area contributed by atoms with Gasteiger partial charge in [-0.25, -0.2) is 0 Å². The Kier molecular flexibility index (Phi) is 60.5. The molecular formula is C66H127NO5. The van der Waals surface area contributed by atoms with E-state index in [1.54, 1.807) is 0 Å². The lowest BCUT2D eigenvalue weighted by Gasteiger charge is -2.22. The van der Waals surface area contributed by atoms with Crippen molar-refractivity contribution in [3.05, 3.63) is 24.3 Å². The molecule has 0 saturated carbocycles. The zero-order valence-electron chi connectivity index (χ0n) is 48.7. The Morgan fingerprint density at radius 2 is 0.694 bits per heavy atom. The average Bonchev–Trinajstić information content (AvgIpc) is 3.38. The quantitative estimate of drug-likeness (QED) is 0.0320. The molecule has 2 unspecified atom stereocenters. The molecule has 1 amide bonds. The molecule has 0 spiro atoms. The molecule has 0 rings (SSSR count). The molecule has 0 aliphatic heterocycles. The molecule has 0 aliphatic rings. The minimum Gasteiger partial charge on any atom is -0.466 e. The fraction of sp³-hybridized carbons (Fsp3) is 0.909. The number of unbranched alkanes of at least 4 members (excludes halogenated alkanes) is 46. The zero-order chi connectivity index (χ0) is 52.2. The van der Waals surface area contributed by atoms with Gasteiger partial charge < -0.3 is 20.3 Å². The van der Waals surface area contributed by atoms with Gasteiger partial charge in [0, 0.05) is 12.8 Å². The highest BCUT2D eigenvalue weighted by atomic mass is 16.5. The molecule has 0 aliphatic carbocycles. The smallest absolute Gasteiger partial charge is 0.305 e. The molecule has 0 aromatic carbocycles. The van der Waals surface area contributed by atoms with E-state index in [1.165, 1.54) is 276 Å². The van der Waals surface area contributed by atoms with Gasteiger partial charge in [0.25, 0.3) is 0 Å². The molecule has 426 valence electrons. The number of ether oxygens (including phenoxy) is 1. The van der Waals surface area contributed by atoms with E-state index in [0.717, 1.165) is 51.4 Å². The second kappa shape index (κ2) is 61.9. The van der Waals surface area contributed by atoms with Gasteiger partial charge in [0.05, 0.1) is 25.4 Å². The minimum absolute atomic E-state index is 0.00357. The molecule has 3 N–H and O–H groups in total. The van der Waals surface area contributed by atoms with Crippen molar-refractivity contribution in [3.63, 3.8) is 0 Å². The summed E-state index contributed by atoms with van der Waals surface area (Å²) in [6.45, 7) is 4.95. The van der Waals surface area contributed by atoms with Gasteiger partial charge in [-0.3, -0.25) is 9.59 Å². The van der Waals surface area contributed by atoms with Gasteiger partial charge in [-0.1, -0.05) is 314 Å². The lowest BCUT2D eigenvalue weighted by Crippen LogP contribution is -2.45. The van der Waals surface area contributed by atoms with Crippen LogP contribution in [0.1, 0.15) is 361 Å². The maximum atomic E-state index is 12.5. The number of amides is 1. The number of allylic oxidation sites excluding steroid dienone is 4. The third kappa shape index (κ3) is 57.6. The summed E-state index contributed by atoms with van der Waals surface area (Å²) in [5.74, 6) is -0.0382. The van der Waals surface area contributed by atoms with Crippen LogP contribution in [0.15, 0.2) is 24.3 Å². The topological polar surface area (TPSA) is 95.9 Å². The molecule has 0 saturated heterocycles. The molecule has 2 atom stereocenters. The summed E-state index contributed by atoms with van der Waals surface area (Å²) in [6.07, 6.45) is 76.2. The largest absolute Gasteiger partial charge is 0.466 e. The van der Waals surface area contributed by atoms with Crippen LogP contribution in [0.3, 0.4) is 0 Å². The summed E-state index contributed by atoms with van der Waals surface area (Å²) in [6, 6.07) is -0.545. The van der Waals surface area contributed by atoms with E-state index >= 15 is 0 Å². The maximum Gasteiger partial charge on any atom is 0.305 e. The first-order chi connectivity index (χ1) is 35.5. The van der Waals surface area contributed by atoms with Gasteiger partial charge in [0.2, 0.25) is 5.91 Å². The molecule has 0 fully saturated rings. The lowest BCUT2D eigenvalue weighted by atomic mass is 10.0. The SMILES string of the molecule is CCCCCC/C=C\C/C=C\CCCCCCCC(=O)OCCCCCCCCCCCCCCCCCCCCCC(=O)NC(CO)C(O)CCCCCCCCCCCCCCCCCCCCCC. The van der Waals surface area contributed by atoms with Crippen LogP contribution in [0, 0.1) is 0 Å². The predicted molar refractivity (Wildman–Crippen MR) is 315 cm³/mol. The van der Waals surface area contributed by atoms with Gasteiger partial charge in [-0.2, -0.15) is 0 Å². The number of hydrogen-bond acceptors (Lipinski definition) is 5. The predicted octanol–water partition coefficient (Wildman–Crippen LogP) is 20.6. The number of esters is 1. The second-order valence-electron chi connectivity index (χ2n) is 22.5. The van der Waals surface area contributed by atoms with Crippen LogP contribution in [0.25, 0.3) is 0 Å². The van der Waals surface area contributed by atoms with Gasteiger partial charge in [-0.15, -0.1) is 0 Å². The van der Waals surface area contributed by atoms with Crippen LogP contribution in [0.2, 0.25) is 0 Å². The Labute approximate surface area is 450 Å². The molecule has 0 aromatic rings.